The first kappa shape index (κ1) is 25.7. The fraction of sp³-hybridized carbons (Fsp3) is 0.125. The van der Waals surface area contributed by atoms with Crippen LogP contribution in [0.4, 0.5) is 10.1 Å². The molecule has 0 atom stereocenters. The molecule has 0 aliphatic heterocycles. The Labute approximate surface area is 218 Å². The molecule has 0 unspecified atom stereocenters. The number of halogens is 2. The zero-order chi connectivity index (χ0) is 25.9. The molecule has 1 amide bonds. The molecule has 0 saturated heterocycles. The van der Waals surface area contributed by atoms with Crippen LogP contribution in [-0.4, -0.2) is 31.5 Å². The highest BCUT2D eigenvalue weighted by Gasteiger charge is 2.16. The van der Waals surface area contributed by atoms with Crippen LogP contribution in [0.25, 0.3) is 10.2 Å². The van der Waals surface area contributed by atoms with E-state index in [4.69, 9.17) is 4.74 Å². The van der Waals surface area contributed by atoms with Crippen molar-refractivity contribution in [3.63, 3.8) is 0 Å². The highest BCUT2D eigenvalue weighted by atomic mass is 79.9. The molecular weight excluding hydrogens is 573 g/mol. The van der Waals surface area contributed by atoms with Crippen molar-refractivity contribution in [3.05, 3.63) is 87.4 Å². The summed E-state index contributed by atoms with van der Waals surface area (Å²) < 4.78 is 48.8. The Hall–Kier alpha value is -3.35. The smallest absolute Gasteiger partial charge is 0.326 e. The predicted octanol–water partition coefficient (Wildman–Crippen LogP) is 4.71. The highest BCUT2D eigenvalue weighted by molar-refractivity contribution is 9.10. The van der Waals surface area contributed by atoms with Crippen LogP contribution < -0.4 is 9.52 Å². The summed E-state index contributed by atoms with van der Waals surface area (Å²) in [5, 5.41) is 0. The monoisotopic (exact) mass is 591 g/mol. The highest BCUT2D eigenvalue weighted by Crippen LogP contribution is 2.23. The fourth-order valence-corrected chi connectivity index (χ4v) is 5.92. The molecule has 12 heteroatoms. The number of nitrogens with one attached hydrogen (secondary N) is 1. The molecule has 0 bridgehead atoms. The Balaban J connectivity index is 1.61. The maximum Gasteiger partial charge on any atom is 0.326 e. The molecule has 1 aromatic heterocycles. The number of hydrogen-bond acceptors (Lipinski definition) is 6. The van der Waals surface area contributed by atoms with Gasteiger partial charge in [0.2, 0.25) is 0 Å². The minimum Gasteiger partial charge on any atom is -0.465 e. The lowest BCUT2D eigenvalue weighted by atomic mass is 10.2. The van der Waals surface area contributed by atoms with Crippen molar-refractivity contribution >= 4 is 65.1 Å². The maximum absolute atomic E-state index is 13.1. The van der Waals surface area contributed by atoms with Gasteiger partial charge in [0, 0.05) is 15.7 Å². The molecule has 0 fully saturated rings. The van der Waals surface area contributed by atoms with Gasteiger partial charge in [0.25, 0.3) is 15.9 Å². The minimum atomic E-state index is -3.93. The number of thiazole rings is 1. The zero-order valence-corrected chi connectivity index (χ0v) is 22.0. The molecule has 8 nitrogen and oxygen atoms in total. The van der Waals surface area contributed by atoms with Gasteiger partial charge in [-0.25, -0.2) is 12.8 Å². The lowest BCUT2D eigenvalue weighted by molar-refractivity contribution is -0.143. The number of esters is 1. The lowest BCUT2D eigenvalue weighted by Crippen LogP contribution is -2.23. The lowest BCUT2D eigenvalue weighted by Gasteiger charge is -2.08. The number of sulfonamides is 1. The third kappa shape index (κ3) is 5.89. The van der Waals surface area contributed by atoms with E-state index in [0.29, 0.717) is 4.80 Å². The molecule has 4 rings (SSSR count). The summed E-state index contributed by atoms with van der Waals surface area (Å²) in [5.74, 6) is -1.56. The van der Waals surface area contributed by atoms with Gasteiger partial charge in [0.15, 0.2) is 4.80 Å². The van der Waals surface area contributed by atoms with Crippen LogP contribution in [0.15, 0.2) is 81.1 Å². The average Bonchev–Trinajstić information content (AvgIpc) is 3.15. The summed E-state index contributed by atoms with van der Waals surface area (Å²) in [6.07, 6.45) is 0. The summed E-state index contributed by atoms with van der Waals surface area (Å²) in [4.78, 5) is 29.5. The van der Waals surface area contributed by atoms with E-state index in [2.05, 4.69) is 25.6 Å². The van der Waals surface area contributed by atoms with E-state index in [9.17, 15) is 22.4 Å². The molecule has 0 aliphatic carbocycles. The second-order valence-corrected chi connectivity index (χ2v) is 11.0. The van der Waals surface area contributed by atoms with E-state index in [-0.39, 0.29) is 29.3 Å². The SMILES string of the molecule is CCOC(=O)Cn1c(=NC(=O)c2ccc(NS(=O)(=O)c3ccc(F)cc3)cc2)sc2cc(Br)ccc21. The minimum absolute atomic E-state index is 0.0957. The molecule has 4 aromatic rings. The quantitative estimate of drug-likeness (QED) is 0.313. The van der Waals surface area contributed by atoms with Crippen molar-refractivity contribution in [3.8, 4) is 0 Å². The molecule has 0 radical (unpaired) electrons. The number of amides is 1. The molecule has 3 aromatic carbocycles. The van der Waals surface area contributed by atoms with Crippen molar-refractivity contribution < 1.29 is 27.1 Å². The van der Waals surface area contributed by atoms with Crippen LogP contribution in [-0.2, 0) is 26.1 Å². The van der Waals surface area contributed by atoms with E-state index in [1.54, 1.807) is 11.5 Å². The van der Waals surface area contributed by atoms with Gasteiger partial charge in [-0.05, 0) is 73.7 Å². The van der Waals surface area contributed by atoms with Crippen LogP contribution in [0, 0.1) is 5.82 Å². The van der Waals surface area contributed by atoms with Gasteiger partial charge in [-0.15, -0.1) is 0 Å². The van der Waals surface area contributed by atoms with E-state index in [1.165, 1.54) is 35.6 Å². The second kappa shape index (κ2) is 10.7. The van der Waals surface area contributed by atoms with Crippen molar-refractivity contribution in [1.82, 2.24) is 4.57 Å². The molecule has 186 valence electrons. The van der Waals surface area contributed by atoms with Gasteiger partial charge < -0.3 is 9.30 Å². The first-order valence-electron chi connectivity index (χ1n) is 10.6. The largest absolute Gasteiger partial charge is 0.465 e. The summed E-state index contributed by atoms with van der Waals surface area (Å²) in [6.45, 7) is 1.84. The van der Waals surface area contributed by atoms with Gasteiger partial charge in [-0.3, -0.25) is 14.3 Å². The molecule has 1 heterocycles. The number of hydrogen-bond donors (Lipinski definition) is 1. The van der Waals surface area contributed by atoms with E-state index < -0.39 is 27.7 Å². The Morgan fingerprint density at radius 1 is 1.08 bits per heavy atom. The number of aromatic nitrogens is 1. The molecule has 0 spiro atoms. The van der Waals surface area contributed by atoms with E-state index in [0.717, 1.165) is 39.0 Å². The van der Waals surface area contributed by atoms with E-state index in [1.807, 2.05) is 18.2 Å². The number of rotatable bonds is 7. The molecule has 1 N–H and O–H groups in total. The van der Waals surface area contributed by atoms with E-state index >= 15 is 0 Å². The Morgan fingerprint density at radius 3 is 2.44 bits per heavy atom. The zero-order valence-electron chi connectivity index (χ0n) is 18.8. The van der Waals surface area contributed by atoms with Crippen molar-refractivity contribution in [2.24, 2.45) is 4.99 Å². The standard InChI is InChI=1S/C24H19BrFN3O5S2/c1-2-34-22(30)14-29-20-12-5-16(25)13-21(20)35-24(29)27-23(31)15-3-8-18(9-4-15)28-36(32,33)19-10-6-17(26)7-11-19/h3-13,28H,2,14H2,1H3. The maximum atomic E-state index is 13.1. The molecular formula is C24H19BrFN3O5S2. The molecule has 0 saturated carbocycles. The topological polar surface area (TPSA) is 107 Å². The van der Waals surface area contributed by atoms with Crippen LogP contribution in [0.5, 0.6) is 0 Å². The van der Waals surface area contributed by atoms with Crippen molar-refractivity contribution in [1.29, 1.82) is 0 Å². The number of anilines is 1. The van der Waals surface area contributed by atoms with Gasteiger partial charge in [-0.1, -0.05) is 27.3 Å². The third-order valence-corrected chi connectivity index (χ3v) is 7.87. The van der Waals surface area contributed by atoms with Crippen LogP contribution in [0.1, 0.15) is 17.3 Å². The van der Waals surface area contributed by atoms with Crippen LogP contribution in [0.3, 0.4) is 0 Å². The number of benzene rings is 3. The van der Waals surface area contributed by atoms with Crippen LogP contribution >= 0.6 is 27.3 Å². The van der Waals surface area contributed by atoms with Crippen molar-refractivity contribution in [2.45, 2.75) is 18.4 Å². The number of ether oxygens (including phenoxy) is 1. The summed E-state index contributed by atoms with van der Waals surface area (Å²) in [6, 6.07) is 15.7. The Kier molecular flexibility index (Phi) is 7.67. The first-order valence-corrected chi connectivity index (χ1v) is 13.7. The van der Waals surface area contributed by atoms with Gasteiger partial charge in [0.05, 0.1) is 21.7 Å². The Morgan fingerprint density at radius 2 is 1.78 bits per heavy atom. The average molecular weight is 592 g/mol. The first-order chi connectivity index (χ1) is 17.2. The normalized spacial score (nSPS) is 12.0. The molecule has 36 heavy (non-hydrogen) atoms. The number of nitrogens with zero attached hydrogens (tertiary/aromatic N) is 2. The summed E-state index contributed by atoms with van der Waals surface area (Å²) in [5.41, 5.74) is 1.18. The number of carbonyl (C=O) groups excluding carboxylic acids is 2. The fourth-order valence-electron chi connectivity index (χ4n) is 3.28. The second-order valence-electron chi connectivity index (χ2n) is 7.44. The Bertz CT molecular complexity index is 1610. The summed E-state index contributed by atoms with van der Waals surface area (Å²) in [7, 11) is -3.93. The van der Waals surface area contributed by atoms with Crippen molar-refractivity contribution in [2.75, 3.05) is 11.3 Å². The summed E-state index contributed by atoms with van der Waals surface area (Å²) >= 11 is 4.67. The predicted molar refractivity (Wildman–Crippen MR) is 138 cm³/mol. The number of carbonyl (C=O) groups is 2. The number of fused-ring (bicyclic) bond motifs is 1. The van der Waals surface area contributed by atoms with Gasteiger partial charge >= 0.3 is 5.97 Å². The van der Waals surface area contributed by atoms with Gasteiger partial charge in [-0.2, -0.15) is 4.99 Å². The third-order valence-electron chi connectivity index (χ3n) is 4.94. The van der Waals surface area contributed by atoms with Gasteiger partial charge in [0.1, 0.15) is 12.4 Å². The van der Waals surface area contributed by atoms with Crippen LogP contribution in [0.2, 0.25) is 0 Å². The molecule has 0 aliphatic rings.